The van der Waals surface area contributed by atoms with Crippen molar-refractivity contribution in [2.24, 2.45) is 0 Å². The summed E-state index contributed by atoms with van der Waals surface area (Å²) >= 11 is 0. The van der Waals surface area contributed by atoms with Crippen molar-refractivity contribution in [2.75, 3.05) is 19.6 Å². The molecule has 186 valence electrons. The minimum Gasteiger partial charge on any atom is -0.464 e. The van der Waals surface area contributed by atoms with E-state index >= 15 is 0 Å². The number of hydrogen-bond donors (Lipinski definition) is 1. The summed E-state index contributed by atoms with van der Waals surface area (Å²) in [4.78, 5) is 28.8. The lowest BCUT2D eigenvalue weighted by Crippen LogP contribution is -2.24. The maximum Gasteiger partial charge on any atom is 0.259 e. The van der Waals surface area contributed by atoms with Crippen molar-refractivity contribution in [3.63, 3.8) is 0 Å². The van der Waals surface area contributed by atoms with E-state index in [-0.39, 0.29) is 17.9 Å². The fourth-order valence-corrected chi connectivity index (χ4v) is 5.39. The molecule has 0 fully saturated rings. The van der Waals surface area contributed by atoms with E-state index in [2.05, 4.69) is 60.7 Å². The number of fused-ring (bicyclic) bond motifs is 2. The van der Waals surface area contributed by atoms with E-state index in [9.17, 15) is 9.59 Å². The average Bonchev–Trinajstić information content (AvgIpc) is 3.57. The molecule has 0 unspecified atom stereocenters. The Kier molecular flexibility index (Phi) is 6.54. The summed E-state index contributed by atoms with van der Waals surface area (Å²) in [5.74, 6) is -0.756. The molecule has 6 nitrogen and oxygen atoms in total. The van der Waals surface area contributed by atoms with Crippen LogP contribution in [0.4, 0.5) is 0 Å². The summed E-state index contributed by atoms with van der Waals surface area (Å²) in [6.07, 6.45) is 5.66. The molecule has 36 heavy (non-hydrogen) atoms. The molecule has 0 saturated carbocycles. The number of nitrogens with one attached hydrogen (secondary N) is 1. The van der Waals surface area contributed by atoms with Gasteiger partial charge in [0.25, 0.3) is 11.8 Å². The third-order valence-electron chi connectivity index (χ3n) is 7.26. The Morgan fingerprint density at radius 3 is 2.39 bits per heavy atom. The number of para-hydroxylation sites is 2. The molecule has 0 spiro atoms. The SMILES string of the molecule is CCN(CC)CCCc1cccc2c(C3=C(c4cccc5ccoc45)C(=O)NC3=O)cn(C(C)C)c12. The molecule has 1 aliphatic heterocycles. The van der Waals surface area contributed by atoms with E-state index in [1.165, 1.54) is 5.56 Å². The van der Waals surface area contributed by atoms with Gasteiger partial charge in [-0.1, -0.05) is 50.2 Å². The lowest BCUT2D eigenvalue weighted by Gasteiger charge is -2.18. The molecular weight excluding hydrogens is 450 g/mol. The van der Waals surface area contributed by atoms with Crippen LogP contribution in [0.3, 0.4) is 0 Å². The molecule has 0 bridgehead atoms. The van der Waals surface area contributed by atoms with E-state index in [1.54, 1.807) is 6.26 Å². The molecule has 2 aromatic heterocycles. The monoisotopic (exact) mass is 483 g/mol. The molecule has 1 aliphatic rings. The Labute approximate surface area is 211 Å². The van der Waals surface area contributed by atoms with Crippen molar-refractivity contribution in [2.45, 2.75) is 46.6 Å². The number of nitrogens with zero attached hydrogens (tertiary/aromatic N) is 2. The zero-order chi connectivity index (χ0) is 25.4. The van der Waals surface area contributed by atoms with Crippen LogP contribution in [-0.4, -0.2) is 40.9 Å². The quantitative estimate of drug-likeness (QED) is 0.305. The van der Waals surface area contributed by atoms with Crippen molar-refractivity contribution in [1.29, 1.82) is 0 Å². The molecule has 6 heteroatoms. The normalized spacial score (nSPS) is 14.3. The van der Waals surface area contributed by atoms with Crippen LogP contribution >= 0.6 is 0 Å². The van der Waals surface area contributed by atoms with E-state index in [1.807, 2.05) is 30.5 Å². The first-order valence-corrected chi connectivity index (χ1v) is 12.9. The van der Waals surface area contributed by atoms with Gasteiger partial charge >= 0.3 is 0 Å². The summed E-state index contributed by atoms with van der Waals surface area (Å²) in [5.41, 5.74) is 5.21. The first kappa shape index (κ1) is 24.1. The van der Waals surface area contributed by atoms with Gasteiger partial charge in [0.15, 0.2) is 0 Å². The highest BCUT2D eigenvalue weighted by molar-refractivity contribution is 6.50. The molecule has 2 amide bonds. The van der Waals surface area contributed by atoms with Gasteiger partial charge in [-0.05, 0) is 58.0 Å². The van der Waals surface area contributed by atoms with Crippen LogP contribution < -0.4 is 5.32 Å². The Hall–Kier alpha value is -3.64. The highest BCUT2D eigenvalue weighted by Gasteiger charge is 2.35. The van der Waals surface area contributed by atoms with Crippen molar-refractivity contribution in [3.05, 3.63) is 71.6 Å². The zero-order valence-electron chi connectivity index (χ0n) is 21.4. The third-order valence-corrected chi connectivity index (χ3v) is 7.26. The van der Waals surface area contributed by atoms with Crippen molar-refractivity contribution >= 4 is 44.8 Å². The number of furan rings is 1. The van der Waals surface area contributed by atoms with Crippen LogP contribution in [0.5, 0.6) is 0 Å². The standard InChI is InChI=1S/C30H33N3O3/c1-5-32(6-2)16-9-12-20-10-7-13-22-24(18-33(19(3)4)27(20)22)26-25(29(34)31-30(26)35)23-14-8-11-21-15-17-36-28(21)23/h7-8,10-11,13-15,17-19H,5-6,9,12,16H2,1-4H3,(H,31,34,35). The molecule has 3 heterocycles. The summed E-state index contributed by atoms with van der Waals surface area (Å²) < 4.78 is 7.97. The molecule has 1 N–H and O–H groups in total. The van der Waals surface area contributed by atoms with Gasteiger partial charge in [0.05, 0.1) is 22.9 Å². The van der Waals surface area contributed by atoms with Gasteiger partial charge < -0.3 is 13.9 Å². The second-order valence-corrected chi connectivity index (χ2v) is 9.67. The molecule has 0 radical (unpaired) electrons. The second kappa shape index (κ2) is 9.78. The van der Waals surface area contributed by atoms with Gasteiger partial charge in [0, 0.05) is 34.1 Å². The van der Waals surface area contributed by atoms with Crippen LogP contribution in [0.25, 0.3) is 33.0 Å². The Morgan fingerprint density at radius 1 is 0.944 bits per heavy atom. The summed E-state index contributed by atoms with van der Waals surface area (Å²) in [6, 6.07) is 14.0. The van der Waals surface area contributed by atoms with Crippen LogP contribution in [0.1, 0.15) is 56.8 Å². The highest BCUT2D eigenvalue weighted by atomic mass is 16.3. The summed E-state index contributed by atoms with van der Waals surface area (Å²) in [7, 11) is 0. The fourth-order valence-electron chi connectivity index (χ4n) is 5.39. The predicted octanol–water partition coefficient (Wildman–Crippen LogP) is 5.81. The number of amides is 2. The van der Waals surface area contributed by atoms with Crippen LogP contribution in [0.2, 0.25) is 0 Å². The number of carbonyl (C=O) groups excluding carboxylic acids is 2. The number of benzene rings is 2. The maximum absolute atomic E-state index is 13.2. The van der Waals surface area contributed by atoms with Crippen LogP contribution in [0.15, 0.2) is 59.3 Å². The minimum absolute atomic E-state index is 0.197. The maximum atomic E-state index is 13.2. The van der Waals surface area contributed by atoms with Gasteiger partial charge in [-0.15, -0.1) is 0 Å². The van der Waals surface area contributed by atoms with E-state index in [0.29, 0.717) is 22.3 Å². The van der Waals surface area contributed by atoms with E-state index in [4.69, 9.17) is 4.42 Å². The van der Waals surface area contributed by atoms with Gasteiger partial charge in [0.1, 0.15) is 5.58 Å². The Bertz CT molecular complexity index is 1480. The second-order valence-electron chi connectivity index (χ2n) is 9.67. The predicted molar refractivity (Wildman–Crippen MR) is 145 cm³/mol. The average molecular weight is 484 g/mol. The third kappa shape index (κ3) is 4.05. The minimum atomic E-state index is -0.389. The van der Waals surface area contributed by atoms with Gasteiger partial charge in [0.2, 0.25) is 0 Å². The first-order chi connectivity index (χ1) is 17.4. The van der Waals surface area contributed by atoms with Gasteiger partial charge in [-0.25, -0.2) is 0 Å². The number of carbonyl (C=O) groups is 2. The molecular formula is C30H33N3O3. The smallest absolute Gasteiger partial charge is 0.259 e. The topological polar surface area (TPSA) is 67.5 Å². The Morgan fingerprint density at radius 2 is 1.67 bits per heavy atom. The number of aryl methyl sites for hydroxylation is 1. The molecule has 0 aliphatic carbocycles. The molecule has 4 aromatic rings. The summed E-state index contributed by atoms with van der Waals surface area (Å²) in [6.45, 7) is 11.8. The van der Waals surface area contributed by atoms with Crippen molar-refractivity contribution in [1.82, 2.24) is 14.8 Å². The lowest BCUT2D eigenvalue weighted by atomic mass is 9.94. The molecule has 0 atom stereocenters. The molecule has 5 rings (SSSR count). The van der Waals surface area contributed by atoms with Crippen LogP contribution in [0, 0.1) is 0 Å². The zero-order valence-corrected chi connectivity index (χ0v) is 21.4. The van der Waals surface area contributed by atoms with E-state index < -0.39 is 0 Å². The summed E-state index contributed by atoms with van der Waals surface area (Å²) in [5, 5.41) is 4.43. The fraction of sp³-hybridized carbons (Fsp3) is 0.333. The Balaban J connectivity index is 1.68. The number of imide groups is 1. The molecule has 0 saturated heterocycles. The van der Waals surface area contributed by atoms with Crippen LogP contribution in [-0.2, 0) is 16.0 Å². The highest BCUT2D eigenvalue weighted by Crippen LogP contribution is 2.40. The number of hydrogen-bond acceptors (Lipinski definition) is 4. The largest absolute Gasteiger partial charge is 0.464 e. The lowest BCUT2D eigenvalue weighted by molar-refractivity contribution is -0.122. The van der Waals surface area contributed by atoms with Crippen molar-refractivity contribution < 1.29 is 14.0 Å². The van der Waals surface area contributed by atoms with Gasteiger partial charge in [-0.2, -0.15) is 0 Å². The number of aromatic nitrogens is 1. The first-order valence-electron chi connectivity index (χ1n) is 12.9. The van der Waals surface area contributed by atoms with Gasteiger partial charge in [-0.3, -0.25) is 14.9 Å². The van der Waals surface area contributed by atoms with Crippen molar-refractivity contribution in [3.8, 4) is 0 Å². The number of rotatable bonds is 9. The molecule has 2 aromatic carbocycles. The van der Waals surface area contributed by atoms with E-state index in [0.717, 1.165) is 54.3 Å².